The lowest BCUT2D eigenvalue weighted by molar-refractivity contribution is 0.0693. The molecule has 0 radical (unpaired) electrons. The van der Waals surface area contributed by atoms with Gasteiger partial charge in [-0.3, -0.25) is 11.5 Å². The molecule has 0 unspecified atom stereocenters. The first-order valence-corrected chi connectivity index (χ1v) is 3.98. The maximum Gasteiger partial charge on any atom is 0.335 e. The lowest BCUT2D eigenvalue weighted by Gasteiger charge is -2.20. The van der Waals surface area contributed by atoms with Gasteiger partial charge >= 0.3 is 5.97 Å². The summed E-state index contributed by atoms with van der Waals surface area (Å²) >= 11 is 0. The van der Waals surface area contributed by atoms with Crippen molar-refractivity contribution >= 4 is 18.4 Å². The molecule has 6 heteroatoms. The molecule has 0 spiro atoms. The molecular weight excluding hydrogens is 220 g/mol. The molecule has 0 amide bonds. The third-order valence-electron chi connectivity index (χ3n) is 1.42. The van der Waals surface area contributed by atoms with Gasteiger partial charge in [-0.2, -0.15) is 0 Å². The third-order valence-corrected chi connectivity index (χ3v) is 1.42. The van der Waals surface area contributed by atoms with Crippen molar-refractivity contribution in [3.05, 3.63) is 29.8 Å². The number of ether oxygens (including phenoxy) is 1. The van der Waals surface area contributed by atoms with Crippen LogP contribution < -0.4 is 16.2 Å². The summed E-state index contributed by atoms with van der Waals surface area (Å²) in [5.74, 6) is -2.00. The van der Waals surface area contributed by atoms with Crippen LogP contribution in [0.25, 0.3) is 0 Å². The average Bonchev–Trinajstić information content (AvgIpc) is 2.01. The van der Waals surface area contributed by atoms with E-state index in [9.17, 15) is 4.79 Å². The first-order valence-electron chi connectivity index (χ1n) is 3.98. The molecule has 15 heavy (non-hydrogen) atoms. The van der Waals surface area contributed by atoms with E-state index in [4.69, 9.17) is 21.3 Å². The summed E-state index contributed by atoms with van der Waals surface area (Å²) in [7, 11) is 0. The van der Waals surface area contributed by atoms with Gasteiger partial charge in [0.15, 0.2) is 0 Å². The van der Waals surface area contributed by atoms with Crippen molar-refractivity contribution in [1.82, 2.24) is 0 Å². The smallest absolute Gasteiger partial charge is 0.335 e. The molecule has 0 aliphatic carbocycles. The summed E-state index contributed by atoms with van der Waals surface area (Å²) in [5.41, 5.74) is 10.9. The summed E-state index contributed by atoms with van der Waals surface area (Å²) < 4.78 is 5.08. The fourth-order valence-corrected chi connectivity index (χ4v) is 0.947. The maximum absolute atomic E-state index is 10.6. The molecule has 0 fully saturated rings. The molecule has 0 aliphatic heterocycles. The van der Waals surface area contributed by atoms with Crippen LogP contribution in [0.5, 0.6) is 5.75 Å². The van der Waals surface area contributed by atoms with Gasteiger partial charge < -0.3 is 9.84 Å². The molecule has 1 aromatic carbocycles. The Morgan fingerprint density at radius 2 is 2.07 bits per heavy atom. The van der Waals surface area contributed by atoms with Crippen LogP contribution in [-0.4, -0.2) is 16.9 Å². The minimum atomic E-state index is -1.31. The van der Waals surface area contributed by atoms with Crippen molar-refractivity contribution in [3.8, 4) is 5.75 Å². The standard InChI is InChI=1S/C9H12N2O3.ClH/c1-9(10,11)14-7-4-2-3-6(5-7)8(12)13;/h2-5H,10-11H2,1H3,(H,12,13);1H. The molecule has 1 aromatic rings. The number of carbonyl (C=O) groups is 1. The largest absolute Gasteiger partial charge is 0.478 e. The summed E-state index contributed by atoms with van der Waals surface area (Å²) in [5, 5.41) is 8.69. The van der Waals surface area contributed by atoms with Gasteiger partial charge in [0, 0.05) is 6.92 Å². The van der Waals surface area contributed by atoms with Crippen molar-refractivity contribution in [1.29, 1.82) is 0 Å². The topological polar surface area (TPSA) is 98.6 Å². The average molecular weight is 233 g/mol. The number of benzene rings is 1. The van der Waals surface area contributed by atoms with Crippen LogP contribution in [0.4, 0.5) is 0 Å². The molecule has 0 atom stereocenters. The maximum atomic E-state index is 10.6. The highest BCUT2D eigenvalue weighted by atomic mass is 35.5. The minimum absolute atomic E-state index is 0. The highest BCUT2D eigenvalue weighted by molar-refractivity contribution is 5.88. The molecule has 0 aromatic heterocycles. The number of carboxylic acids is 1. The van der Waals surface area contributed by atoms with Gasteiger partial charge in [-0.25, -0.2) is 4.79 Å². The van der Waals surface area contributed by atoms with E-state index in [1.165, 1.54) is 19.1 Å². The number of halogens is 1. The summed E-state index contributed by atoms with van der Waals surface area (Å²) in [6, 6.07) is 5.97. The highest BCUT2D eigenvalue weighted by Gasteiger charge is 2.13. The number of hydrogen-bond donors (Lipinski definition) is 3. The zero-order valence-corrected chi connectivity index (χ0v) is 8.95. The first kappa shape index (κ1) is 13.7. The highest BCUT2D eigenvalue weighted by Crippen LogP contribution is 2.15. The number of hydrogen-bond acceptors (Lipinski definition) is 4. The van der Waals surface area contributed by atoms with Crippen LogP contribution in [0.15, 0.2) is 24.3 Å². The SMILES string of the molecule is CC(N)(N)Oc1cccc(C(=O)O)c1.Cl. The van der Waals surface area contributed by atoms with Gasteiger partial charge in [-0.05, 0) is 18.2 Å². The quantitative estimate of drug-likeness (QED) is 0.669. The second-order valence-corrected chi connectivity index (χ2v) is 3.12. The van der Waals surface area contributed by atoms with Gasteiger partial charge in [-0.15, -0.1) is 12.4 Å². The van der Waals surface area contributed by atoms with Gasteiger partial charge in [0.1, 0.15) is 5.75 Å². The van der Waals surface area contributed by atoms with Crippen LogP contribution in [0, 0.1) is 0 Å². The second-order valence-electron chi connectivity index (χ2n) is 3.12. The van der Waals surface area contributed by atoms with E-state index in [0.29, 0.717) is 5.75 Å². The zero-order valence-electron chi connectivity index (χ0n) is 8.14. The predicted octanol–water partition coefficient (Wildman–Crippen LogP) is 0.776. The van der Waals surface area contributed by atoms with Crippen LogP contribution >= 0.6 is 12.4 Å². The van der Waals surface area contributed by atoms with Crippen LogP contribution in [-0.2, 0) is 0 Å². The van der Waals surface area contributed by atoms with Crippen molar-refractivity contribution in [2.45, 2.75) is 12.8 Å². The number of carboxylic acid groups (broad SMARTS) is 1. The van der Waals surface area contributed by atoms with Crippen molar-refractivity contribution < 1.29 is 14.6 Å². The molecule has 0 saturated carbocycles. The first-order chi connectivity index (χ1) is 6.38. The van der Waals surface area contributed by atoms with E-state index in [1.54, 1.807) is 12.1 Å². The van der Waals surface area contributed by atoms with E-state index in [1.807, 2.05) is 0 Å². The summed E-state index contributed by atoms with van der Waals surface area (Å²) in [6.07, 6.45) is 0. The summed E-state index contributed by atoms with van der Waals surface area (Å²) in [4.78, 5) is 10.6. The Balaban J connectivity index is 0.00000196. The molecule has 0 aliphatic rings. The van der Waals surface area contributed by atoms with E-state index in [0.717, 1.165) is 0 Å². The van der Waals surface area contributed by atoms with Crippen LogP contribution in [0.2, 0.25) is 0 Å². The Bertz CT molecular complexity index is 349. The molecule has 0 saturated heterocycles. The Hall–Kier alpha value is -1.30. The van der Waals surface area contributed by atoms with Gasteiger partial charge in [0.05, 0.1) is 5.56 Å². The summed E-state index contributed by atoms with van der Waals surface area (Å²) in [6.45, 7) is 1.47. The fourth-order valence-electron chi connectivity index (χ4n) is 0.947. The fraction of sp³-hybridized carbons (Fsp3) is 0.222. The second kappa shape index (κ2) is 4.97. The van der Waals surface area contributed by atoms with Crippen molar-refractivity contribution in [2.75, 3.05) is 0 Å². The number of rotatable bonds is 3. The Kier molecular flexibility index (Phi) is 4.54. The zero-order chi connectivity index (χ0) is 10.8. The van der Waals surface area contributed by atoms with Gasteiger partial charge in [-0.1, -0.05) is 6.07 Å². The Labute approximate surface area is 93.4 Å². The molecule has 0 bridgehead atoms. The molecule has 0 heterocycles. The van der Waals surface area contributed by atoms with E-state index in [2.05, 4.69) is 0 Å². The molecule has 5 N–H and O–H groups in total. The van der Waals surface area contributed by atoms with E-state index < -0.39 is 11.8 Å². The van der Waals surface area contributed by atoms with E-state index >= 15 is 0 Å². The number of nitrogens with two attached hydrogens (primary N) is 2. The van der Waals surface area contributed by atoms with E-state index in [-0.39, 0.29) is 18.0 Å². The molecular formula is C9H13ClN2O3. The lowest BCUT2D eigenvalue weighted by atomic mass is 10.2. The van der Waals surface area contributed by atoms with Gasteiger partial charge in [0.25, 0.3) is 0 Å². The minimum Gasteiger partial charge on any atom is -0.478 e. The third kappa shape index (κ3) is 4.64. The molecule has 5 nitrogen and oxygen atoms in total. The van der Waals surface area contributed by atoms with Crippen LogP contribution in [0.1, 0.15) is 17.3 Å². The predicted molar refractivity (Wildman–Crippen MR) is 58.1 cm³/mol. The molecule has 84 valence electrons. The van der Waals surface area contributed by atoms with Crippen LogP contribution in [0.3, 0.4) is 0 Å². The Morgan fingerprint density at radius 3 is 2.53 bits per heavy atom. The van der Waals surface area contributed by atoms with Gasteiger partial charge in [0.2, 0.25) is 5.85 Å². The monoisotopic (exact) mass is 232 g/mol. The lowest BCUT2D eigenvalue weighted by Crippen LogP contribution is -2.51. The normalized spacial score (nSPS) is 10.3. The molecule has 1 rings (SSSR count). The van der Waals surface area contributed by atoms with Crippen molar-refractivity contribution in [3.63, 3.8) is 0 Å². The van der Waals surface area contributed by atoms with Crippen molar-refractivity contribution in [2.24, 2.45) is 11.5 Å². The number of aromatic carboxylic acids is 1. The Morgan fingerprint density at radius 1 is 1.47 bits per heavy atom.